The topological polar surface area (TPSA) is 111 Å². The van der Waals surface area contributed by atoms with Gasteiger partial charge in [0.15, 0.2) is 0 Å². The van der Waals surface area contributed by atoms with Crippen molar-refractivity contribution in [1.29, 1.82) is 0 Å². The molecular weight excluding hydrogens is 370 g/mol. The zero-order valence-electron chi connectivity index (χ0n) is 10.3. The van der Waals surface area contributed by atoms with E-state index in [1.54, 1.807) is 23.8 Å². The van der Waals surface area contributed by atoms with Crippen LogP contribution >= 0.6 is 28.1 Å². The van der Waals surface area contributed by atoms with Gasteiger partial charge in [-0.3, -0.25) is 4.72 Å². The number of thiocarbonyl (C=S) groups is 1. The smallest absolute Gasteiger partial charge is 0.422 e. The summed E-state index contributed by atoms with van der Waals surface area (Å²) in [4.78, 5) is 11.3. The lowest BCUT2D eigenvalue weighted by Crippen LogP contribution is -2.35. The number of nitrogens with one attached hydrogen (secondary N) is 2. The SMILES string of the molecule is CCOC(=O)NS(=O)(=O)Nc1ccc(C(N)=S)cc1Br. The molecular formula is C10H12BrN3O4S2. The standard InChI is InChI=1S/C10H12BrN3O4S2/c1-2-18-10(15)14-20(16,17)13-8-4-3-6(9(12)19)5-7(8)11/h3-5,13H,2H2,1H3,(H2,12,19)(H,14,15). The van der Waals surface area contributed by atoms with Gasteiger partial charge in [-0.15, -0.1) is 0 Å². The number of nitrogens with two attached hydrogens (primary N) is 1. The molecule has 0 aliphatic carbocycles. The predicted molar refractivity (Wildman–Crippen MR) is 82.7 cm³/mol. The lowest BCUT2D eigenvalue weighted by molar-refractivity contribution is 0.159. The highest BCUT2D eigenvalue weighted by Crippen LogP contribution is 2.24. The third-order valence-corrected chi connectivity index (χ3v) is 3.81. The summed E-state index contributed by atoms with van der Waals surface area (Å²) >= 11 is 7.98. The molecule has 0 fully saturated rings. The number of rotatable bonds is 5. The molecule has 0 aliphatic heterocycles. The number of amides is 1. The first-order chi connectivity index (χ1) is 9.25. The number of anilines is 1. The van der Waals surface area contributed by atoms with E-state index in [2.05, 4.69) is 25.4 Å². The Morgan fingerprint density at radius 2 is 2.15 bits per heavy atom. The fourth-order valence-corrected chi connectivity index (χ4v) is 2.72. The summed E-state index contributed by atoms with van der Waals surface area (Å²) in [5, 5.41) is 0. The zero-order valence-corrected chi connectivity index (χ0v) is 13.6. The van der Waals surface area contributed by atoms with Crippen LogP contribution in [0.5, 0.6) is 0 Å². The molecule has 0 radical (unpaired) electrons. The molecule has 1 aromatic rings. The Balaban J connectivity index is 2.87. The molecule has 0 bridgehead atoms. The molecule has 1 amide bonds. The number of hydrogen-bond donors (Lipinski definition) is 3. The summed E-state index contributed by atoms with van der Waals surface area (Å²) in [6, 6.07) is 4.57. The number of carbonyl (C=O) groups is 1. The zero-order chi connectivity index (χ0) is 15.3. The Bertz CT molecular complexity index is 633. The molecule has 1 rings (SSSR count). The van der Waals surface area contributed by atoms with Crippen LogP contribution in [0.3, 0.4) is 0 Å². The van der Waals surface area contributed by atoms with Crippen LogP contribution in [0.2, 0.25) is 0 Å². The van der Waals surface area contributed by atoms with Gasteiger partial charge in [-0.25, -0.2) is 9.52 Å². The van der Waals surface area contributed by atoms with E-state index < -0.39 is 16.3 Å². The summed E-state index contributed by atoms with van der Waals surface area (Å²) in [5.74, 6) is 0. The van der Waals surface area contributed by atoms with Gasteiger partial charge in [0, 0.05) is 10.0 Å². The number of ether oxygens (including phenoxy) is 1. The Morgan fingerprint density at radius 3 is 2.65 bits per heavy atom. The monoisotopic (exact) mass is 381 g/mol. The van der Waals surface area contributed by atoms with E-state index >= 15 is 0 Å². The quantitative estimate of drug-likeness (QED) is 0.666. The second kappa shape index (κ2) is 6.86. The molecule has 0 aliphatic rings. The van der Waals surface area contributed by atoms with Crippen molar-refractivity contribution < 1.29 is 17.9 Å². The van der Waals surface area contributed by atoms with Crippen molar-refractivity contribution in [2.75, 3.05) is 11.3 Å². The number of carbonyl (C=O) groups excluding carboxylic acids is 1. The second-order valence-electron chi connectivity index (χ2n) is 3.49. The van der Waals surface area contributed by atoms with Gasteiger partial charge in [-0.05, 0) is 41.1 Å². The van der Waals surface area contributed by atoms with Gasteiger partial charge in [-0.1, -0.05) is 12.2 Å². The van der Waals surface area contributed by atoms with E-state index in [9.17, 15) is 13.2 Å². The average molecular weight is 382 g/mol. The first-order valence-corrected chi connectivity index (χ1v) is 8.00. The summed E-state index contributed by atoms with van der Waals surface area (Å²) in [6.45, 7) is 1.62. The van der Waals surface area contributed by atoms with E-state index in [0.29, 0.717) is 10.0 Å². The van der Waals surface area contributed by atoms with E-state index in [0.717, 1.165) is 0 Å². The molecule has 0 heterocycles. The molecule has 10 heteroatoms. The number of halogens is 1. The molecule has 4 N–H and O–H groups in total. The highest BCUT2D eigenvalue weighted by molar-refractivity contribution is 9.10. The van der Waals surface area contributed by atoms with E-state index in [4.69, 9.17) is 18.0 Å². The third-order valence-electron chi connectivity index (χ3n) is 1.99. The van der Waals surface area contributed by atoms with Gasteiger partial charge in [0.25, 0.3) is 0 Å². The van der Waals surface area contributed by atoms with Crippen LogP contribution in [0.1, 0.15) is 12.5 Å². The van der Waals surface area contributed by atoms with Crippen molar-refractivity contribution in [3.05, 3.63) is 28.2 Å². The molecule has 7 nitrogen and oxygen atoms in total. The van der Waals surface area contributed by atoms with Crippen molar-refractivity contribution in [1.82, 2.24) is 4.72 Å². The summed E-state index contributed by atoms with van der Waals surface area (Å²) in [6.07, 6.45) is -1.06. The fraction of sp³-hybridized carbons (Fsp3) is 0.200. The maximum atomic E-state index is 11.7. The normalized spacial score (nSPS) is 10.7. The lowest BCUT2D eigenvalue weighted by Gasteiger charge is -2.11. The van der Waals surface area contributed by atoms with Crippen LogP contribution in [0, 0.1) is 0 Å². The van der Waals surface area contributed by atoms with Crippen LogP contribution < -0.4 is 15.2 Å². The maximum absolute atomic E-state index is 11.7. The average Bonchev–Trinajstić information content (AvgIpc) is 2.30. The Hall–Kier alpha value is -1.39. The van der Waals surface area contributed by atoms with Gasteiger partial charge < -0.3 is 10.5 Å². The summed E-state index contributed by atoms with van der Waals surface area (Å²) in [7, 11) is -4.08. The van der Waals surface area contributed by atoms with Crippen molar-refractivity contribution >= 4 is 55.1 Å². The first kappa shape index (κ1) is 16.7. The predicted octanol–water partition coefficient (Wildman–Crippen LogP) is 1.49. The van der Waals surface area contributed by atoms with Crippen molar-refractivity contribution in [3.63, 3.8) is 0 Å². The highest BCUT2D eigenvalue weighted by Gasteiger charge is 2.16. The van der Waals surface area contributed by atoms with Gasteiger partial charge in [0.1, 0.15) is 4.99 Å². The Morgan fingerprint density at radius 1 is 1.50 bits per heavy atom. The fourth-order valence-electron chi connectivity index (χ4n) is 1.19. The Labute approximate surface area is 130 Å². The number of benzene rings is 1. The van der Waals surface area contributed by atoms with Gasteiger partial charge in [0.2, 0.25) is 0 Å². The molecule has 0 unspecified atom stereocenters. The summed E-state index contributed by atoms with van der Waals surface area (Å²) in [5.41, 5.74) is 6.26. The number of hydrogen-bond acceptors (Lipinski definition) is 5. The van der Waals surface area contributed by atoms with Crippen molar-refractivity contribution in [2.45, 2.75) is 6.92 Å². The molecule has 0 saturated carbocycles. The van der Waals surface area contributed by atoms with E-state index in [1.165, 1.54) is 6.07 Å². The maximum Gasteiger partial charge on any atom is 0.422 e. The van der Waals surface area contributed by atoms with Crippen molar-refractivity contribution in [2.24, 2.45) is 5.73 Å². The van der Waals surface area contributed by atoms with Crippen LogP contribution in [-0.2, 0) is 14.9 Å². The van der Waals surface area contributed by atoms with Crippen LogP contribution in [0.15, 0.2) is 22.7 Å². The molecule has 110 valence electrons. The van der Waals surface area contributed by atoms with Gasteiger partial charge in [-0.2, -0.15) is 8.42 Å². The van der Waals surface area contributed by atoms with Gasteiger partial charge in [0.05, 0.1) is 12.3 Å². The second-order valence-corrected chi connectivity index (χ2v) is 6.20. The van der Waals surface area contributed by atoms with Gasteiger partial charge >= 0.3 is 16.3 Å². The molecule has 0 atom stereocenters. The lowest BCUT2D eigenvalue weighted by atomic mass is 10.2. The van der Waals surface area contributed by atoms with E-state index in [-0.39, 0.29) is 17.3 Å². The molecule has 0 saturated heterocycles. The van der Waals surface area contributed by atoms with Crippen LogP contribution in [-0.4, -0.2) is 26.1 Å². The van der Waals surface area contributed by atoms with Crippen molar-refractivity contribution in [3.8, 4) is 0 Å². The molecule has 0 spiro atoms. The molecule has 20 heavy (non-hydrogen) atoms. The van der Waals surface area contributed by atoms with Crippen LogP contribution in [0.4, 0.5) is 10.5 Å². The largest absolute Gasteiger partial charge is 0.449 e. The molecule has 0 aromatic heterocycles. The highest BCUT2D eigenvalue weighted by atomic mass is 79.9. The minimum atomic E-state index is -4.08. The first-order valence-electron chi connectivity index (χ1n) is 5.32. The Kier molecular flexibility index (Phi) is 5.72. The molecule has 1 aromatic carbocycles. The minimum absolute atomic E-state index is 0.0632. The third kappa shape index (κ3) is 4.94. The van der Waals surface area contributed by atoms with E-state index in [1.807, 2.05) is 0 Å². The summed E-state index contributed by atoms with van der Waals surface area (Å²) < 4.78 is 32.1. The van der Waals surface area contributed by atoms with Crippen LogP contribution in [0.25, 0.3) is 0 Å². The minimum Gasteiger partial charge on any atom is -0.449 e.